The normalized spacial score (nSPS) is 14.1. The smallest absolute Gasteiger partial charge is 0.304 e. The van der Waals surface area contributed by atoms with Gasteiger partial charge in [-0.2, -0.15) is 28.8 Å². The zero-order chi connectivity index (χ0) is 14.3. The van der Waals surface area contributed by atoms with Crippen molar-refractivity contribution in [3.05, 3.63) is 0 Å². The van der Waals surface area contributed by atoms with Crippen molar-refractivity contribution in [1.82, 2.24) is 8.61 Å². The molecule has 0 fully saturated rings. The lowest BCUT2D eigenvalue weighted by Gasteiger charge is -2.29. The zero-order valence-corrected chi connectivity index (χ0v) is 12.9. The maximum Gasteiger partial charge on any atom is 0.304 e. The molecule has 0 aromatic carbocycles. The average molecular weight is 298 g/mol. The van der Waals surface area contributed by atoms with Crippen LogP contribution in [0.3, 0.4) is 0 Å². The van der Waals surface area contributed by atoms with Crippen LogP contribution in [-0.4, -0.2) is 66.8 Å². The largest absolute Gasteiger partial charge is 0.481 e. The number of nitrogens with zero attached hydrogens (tertiary/aromatic N) is 2. The Kier molecular flexibility index (Phi) is 7.84. The molecule has 108 valence electrons. The molecule has 0 bridgehead atoms. The molecule has 0 amide bonds. The van der Waals surface area contributed by atoms with Gasteiger partial charge in [-0.3, -0.25) is 4.79 Å². The molecule has 1 atom stereocenters. The fourth-order valence-corrected chi connectivity index (χ4v) is 3.75. The number of carboxylic acids is 1. The van der Waals surface area contributed by atoms with Crippen LogP contribution in [0.4, 0.5) is 0 Å². The Morgan fingerprint density at radius 2 is 1.94 bits per heavy atom. The lowest BCUT2D eigenvalue weighted by Crippen LogP contribution is -2.46. The topological polar surface area (TPSA) is 77.9 Å². The molecular weight excluding hydrogens is 276 g/mol. The summed E-state index contributed by atoms with van der Waals surface area (Å²) in [5.41, 5.74) is 0. The van der Waals surface area contributed by atoms with Crippen LogP contribution < -0.4 is 0 Å². The maximum absolute atomic E-state index is 12.2. The average Bonchev–Trinajstić information content (AvgIpc) is 2.31. The second-order valence-electron chi connectivity index (χ2n) is 4.01. The minimum absolute atomic E-state index is 0.0162. The number of rotatable bonds is 9. The molecule has 0 saturated carbocycles. The quantitative estimate of drug-likeness (QED) is 0.678. The zero-order valence-electron chi connectivity index (χ0n) is 11.3. The van der Waals surface area contributed by atoms with E-state index in [1.807, 2.05) is 13.2 Å². The molecule has 0 heterocycles. The predicted molar refractivity (Wildman–Crippen MR) is 74.0 cm³/mol. The van der Waals surface area contributed by atoms with Gasteiger partial charge < -0.3 is 5.11 Å². The van der Waals surface area contributed by atoms with E-state index < -0.39 is 16.2 Å². The Morgan fingerprint density at radius 1 is 1.39 bits per heavy atom. The number of thioether (sulfide) groups is 1. The number of carbonyl (C=O) groups is 1. The molecule has 18 heavy (non-hydrogen) atoms. The maximum atomic E-state index is 12.2. The Balaban J connectivity index is 4.73. The van der Waals surface area contributed by atoms with E-state index in [9.17, 15) is 13.2 Å². The molecule has 0 aromatic rings. The highest BCUT2D eigenvalue weighted by Crippen LogP contribution is 2.14. The van der Waals surface area contributed by atoms with Gasteiger partial charge in [0.15, 0.2) is 0 Å². The van der Waals surface area contributed by atoms with Crippen molar-refractivity contribution in [2.24, 2.45) is 0 Å². The monoisotopic (exact) mass is 298 g/mol. The minimum atomic E-state index is -3.58. The van der Waals surface area contributed by atoms with Gasteiger partial charge in [0.2, 0.25) is 0 Å². The molecular formula is C10H22N2O4S2. The molecule has 0 aliphatic carbocycles. The van der Waals surface area contributed by atoms with Crippen molar-refractivity contribution < 1.29 is 18.3 Å². The summed E-state index contributed by atoms with van der Waals surface area (Å²) >= 11 is 1.59. The van der Waals surface area contributed by atoms with Gasteiger partial charge in [0.05, 0.1) is 6.42 Å². The van der Waals surface area contributed by atoms with Crippen molar-refractivity contribution in [2.45, 2.75) is 25.8 Å². The van der Waals surface area contributed by atoms with Crippen molar-refractivity contribution in [2.75, 3.05) is 32.6 Å². The number of hydrogen-bond acceptors (Lipinski definition) is 4. The minimum Gasteiger partial charge on any atom is -0.481 e. The first-order chi connectivity index (χ1) is 8.27. The predicted octanol–water partition coefficient (Wildman–Crippen LogP) is 0.711. The summed E-state index contributed by atoms with van der Waals surface area (Å²) < 4.78 is 26.7. The fourth-order valence-electron chi connectivity index (χ4n) is 1.45. The first-order valence-electron chi connectivity index (χ1n) is 5.67. The van der Waals surface area contributed by atoms with Crippen LogP contribution in [0, 0.1) is 0 Å². The van der Waals surface area contributed by atoms with E-state index in [0.717, 1.165) is 16.5 Å². The molecule has 6 nitrogen and oxygen atoms in total. The summed E-state index contributed by atoms with van der Waals surface area (Å²) in [6.45, 7) is 1.92. The highest BCUT2D eigenvalue weighted by atomic mass is 32.2. The van der Waals surface area contributed by atoms with Gasteiger partial charge in [0.25, 0.3) is 10.2 Å². The molecule has 0 rings (SSSR count). The number of aliphatic carboxylic acids is 1. The Bertz CT molecular complexity index is 359. The molecule has 0 saturated heterocycles. The molecule has 8 heteroatoms. The number of carboxylic acid groups (broad SMARTS) is 1. The summed E-state index contributed by atoms with van der Waals surface area (Å²) in [5.74, 6) is -0.283. The van der Waals surface area contributed by atoms with Crippen LogP contribution in [0.5, 0.6) is 0 Å². The van der Waals surface area contributed by atoms with Crippen LogP contribution in [0.1, 0.15) is 19.8 Å². The van der Waals surface area contributed by atoms with Crippen molar-refractivity contribution in [1.29, 1.82) is 0 Å². The summed E-state index contributed by atoms with van der Waals surface area (Å²) in [6.07, 6.45) is 2.46. The van der Waals surface area contributed by atoms with Crippen LogP contribution in [-0.2, 0) is 15.0 Å². The second kappa shape index (κ2) is 7.98. The third-order valence-electron chi connectivity index (χ3n) is 2.74. The van der Waals surface area contributed by atoms with E-state index in [4.69, 9.17) is 5.11 Å². The summed E-state index contributed by atoms with van der Waals surface area (Å²) in [4.78, 5) is 10.5. The van der Waals surface area contributed by atoms with Crippen molar-refractivity contribution in [3.8, 4) is 0 Å². The molecule has 0 spiro atoms. The first kappa shape index (κ1) is 17.7. The molecule has 0 aliphatic heterocycles. The van der Waals surface area contributed by atoms with Crippen LogP contribution in [0.15, 0.2) is 0 Å². The molecule has 1 N–H and O–H groups in total. The fraction of sp³-hybridized carbons (Fsp3) is 0.900. The van der Waals surface area contributed by atoms with E-state index in [1.165, 1.54) is 18.4 Å². The first-order valence-corrected chi connectivity index (χ1v) is 8.46. The van der Waals surface area contributed by atoms with Gasteiger partial charge in [-0.15, -0.1) is 0 Å². The Hall–Kier alpha value is -0.310. The second-order valence-corrected chi connectivity index (χ2v) is 7.01. The van der Waals surface area contributed by atoms with E-state index in [-0.39, 0.29) is 19.0 Å². The summed E-state index contributed by atoms with van der Waals surface area (Å²) in [7, 11) is -0.636. The van der Waals surface area contributed by atoms with Crippen LogP contribution in [0.25, 0.3) is 0 Å². The van der Waals surface area contributed by atoms with E-state index in [2.05, 4.69) is 0 Å². The summed E-state index contributed by atoms with van der Waals surface area (Å²) in [6, 6.07) is -0.0720. The van der Waals surface area contributed by atoms with Gasteiger partial charge in [-0.1, -0.05) is 6.92 Å². The van der Waals surface area contributed by atoms with E-state index in [1.54, 1.807) is 11.8 Å². The third kappa shape index (κ3) is 5.13. The van der Waals surface area contributed by atoms with Crippen molar-refractivity contribution >= 4 is 27.9 Å². The highest BCUT2D eigenvalue weighted by molar-refractivity contribution is 7.98. The summed E-state index contributed by atoms with van der Waals surface area (Å²) in [5, 5.41) is 8.57. The Labute approximate surface area is 114 Å². The molecule has 0 radical (unpaired) electrons. The van der Waals surface area contributed by atoms with E-state index in [0.29, 0.717) is 0 Å². The van der Waals surface area contributed by atoms with E-state index >= 15 is 0 Å². The van der Waals surface area contributed by atoms with Crippen molar-refractivity contribution in [3.63, 3.8) is 0 Å². The van der Waals surface area contributed by atoms with Gasteiger partial charge in [-0.05, 0) is 12.7 Å². The van der Waals surface area contributed by atoms with Gasteiger partial charge >= 0.3 is 5.97 Å². The SMILES string of the molecule is CCC(CSC)N(C)S(=O)(=O)N(C)CCC(=O)O. The van der Waals surface area contributed by atoms with Gasteiger partial charge in [0.1, 0.15) is 0 Å². The van der Waals surface area contributed by atoms with Crippen LogP contribution >= 0.6 is 11.8 Å². The molecule has 1 unspecified atom stereocenters. The Morgan fingerprint density at radius 3 is 2.33 bits per heavy atom. The highest BCUT2D eigenvalue weighted by Gasteiger charge is 2.28. The molecule has 0 aromatic heterocycles. The number of hydrogen-bond donors (Lipinski definition) is 1. The lowest BCUT2D eigenvalue weighted by atomic mass is 10.3. The van der Waals surface area contributed by atoms with Gasteiger partial charge in [0, 0.05) is 32.4 Å². The van der Waals surface area contributed by atoms with Crippen LogP contribution in [0.2, 0.25) is 0 Å². The standard InChI is InChI=1S/C10H22N2O4S2/c1-5-9(8-17-4)12(3)18(15,16)11(2)7-6-10(13)14/h9H,5-8H2,1-4H3,(H,13,14). The lowest BCUT2D eigenvalue weighted by molar-refractivity contribution is -0.137. The third-order valence-corrected chi connectivity index (χ3v) is 5.46. The molecule has 0 aliphatic rings. The van der Waals surface area contributed by atoms with Gasteiger partial charge in [-0.25, -0.2) is 0 Å².